The molecule has 0 radical (unpaired) electrons. The first-order valence-electron chi connectivity index (χ1n) is 7.59. The average molecular weight is 275 g/mol. The predicted molar refractivity (Wildman–Crippen MR) is 82.7 cm³/mol. The number of rotatable bonds is 7. The second-order valence-electron chi connectivity index (χ2n) is 5.44. The molecular weight excluding hydrogens is 250 g/mol. The van der Waals surface area contributed by atoms with Gasteiger partial charge in [0.25, 0.3) is 0 Å². The molecule has 1 aromatic carbocycles. The zero-order valence-corrected chi connectivity index (χ0v) is 12.1. The van der Waals surface area contributed by atoms with Crippen LogP contribution in [0.2, 0.25) is 0 Å². The van der Waals surface area contributed by atoms with Crippen molar-refractivity contribution in [2.24, 2.45) is 5.73 Å². The van der Waals surface area contributed by atoms with E-state index in [0.29, 0.717) is 13.0 Å². The zero-order chi connectivity index (χ0) is 14.2. The molecule has 0 aliphatic carbocycles. The van der Waals surface area contributed by atoms with E-state index in [9.17, 15) is 4.79 Å². The van der Waals surface area contributed by atoms with Gasteiger partial charge in [-0.3, -0.25) is 4.79 Å². The highest BCUT2D eigenvalue weighted by Gasteiger charge is 2.10. The van der Waals surface area contributed by atoms with E-state index in [1.54, 1.807) is 0 Å². The van der Waals surface area contributed by atoms with Gasteiger partial charge >= 0.3 is 0 Å². The molecule has 0 bridgehead atoms. The standard InChI is InChI=1S/C16H25N3O/c17-10-3-4-16(20)18-15-7-5-14(6-8-15)9-13-19-11-1-2-12-19/h5-8H,1-4,9-13,17H2,(H,18,20). The maximum atomic E-state index is 11.6. The van der Waals surface area contributed by atoms with Gasteiger partial charge in [-0.1, -0.05) is 12.1 Å². The lowest BCUT2D eigenvalue weighted by Crippen LogP contribution is -2.21. The van der Waals surface area contributed by atoms with Gasteiger partial charge in [0.05, 0.1) is 0 Å². The van der Waals surface area contributed by atoms with Gasteiger partial charge in [-0.05, 0) is 63.0 Å². The Morgan fingerprint density at radius 1 is 1.20 bits per heavy atom. The molecule has 4 nitrogen and oxygen atoms in total. The lowest BCUT2D eigenvalue weighted by molar-refractivity contribution is -0.116. The molecule has 1 aliphatic rings. The summed E-state index contributed by atoms with van der Waals surface area (Å²) in [5.41, 5.74) is 7.59. The third-order valence-electron chi connectivity index (χ3n) is 3.76. The van der Waals surface area contributed by atoms with E-state index < -0.39 is 0 Å². The van der Waals surface area contributed by atoms with E-state index in [4.69, 9.17) is 5.73 Å². The Balaban J connectivity index is 1.75. The van der Waals surface area contributed by atoms with Gasteiger partial charge < -0.3 is 16.0 Å². The van der Waals surface area contributed by atoms with E-state index in [1.165, 1.54) is 31.5 Å². The molecule has 3 N–H and O–H groups in total. The lowest BCUT2D eigenvalue weighted by Gasteiger charge is -2.14. The van der Waals surface area contributed by atoms with Crippen LogP contribution in [0.25, 0.3) is 0 Å². The largest absolute Gasteiger partial charge is 0.330 e. The van der Waals surface area contributed by atoms with Gasteiger partial charge in [0.15, 0.2) is 0 Å². The molecule has 1 amide bonds. The molecule has 4 heteroatoms. The smallest absolute Gasteiger partial charge is 0.224 e. The molecule has 110 valence electrons. The van der Waals surface area contributed by atoms with Gasteiger partial charge in [0, 0.05) is 18.7 Å². The van der Waals surface area contributed by atoms with Crippen LogP contribution in [0.4, 0.5) is 5.69 Å². The first-order valence-corrected chi connectivity index (χ1v) is 7.59. The molecule has 1 fully saturated rings. The predicted octanol–water partition coefficient (Wildman–Crippen LogP) is 2.00. The van der Waals surface area contributed by atoms with Crippen LogP contribution >= 0.6 is 0 Å². The number of benzene rings is 1. The summed E-state index contributed by atoms with van der Waals surface area (Å²) in [4.78, 5) is 14.1. The normalized spacial score (nSPS) is 15.4. The highest BCUT2D eigenvalue weighted by molar-refractivity contribution is 5.90. The van der Waals surface area contributed by atoms with E-state index in [2.05, 4.69) is 22.3 Å². The monoisotopic (exact) mass is 275 g/mol. The summed E-state index contributed by atoms with van der Waals surface area (Å²) in [6.07, 6.45) is 5.00. The minimum absolute atomic E-state index is 0.0419. The maximum Gasteiger partial charge on any atom is 0.224 e. The van der Waals surface area contributed by atoms with Crippen molar-refractivity contribution in [2.45, 2.75) is 32.1 Å². The quantitative estimate of drug-likeness (QED) is 0.800. The number of hydrogen-bond acceptors (Lipinski definition) is 3. The molecule has 1 aliphatic heterocycles. The highest BCUT2D eigenvalue weighted by atomic mass is 16.1. The van der Waals surface area contributed by atoms with Gasteiger partial charge in [-0.25, -0.2) is 0 Å². The van der Waals surface area contributed by atoms with Crippen molar-refractivity contribution in [1.29, 1.82) is 0 Å². The molecular formula is C16H25N3O. The number of amides is 1. The van der Waals surface area contributed by atoms with Gasteiger partial charge in [-0.2, -0.15) is 0 Å². The summed E-state index contributed by atoms with van der Waals surface area (Å²) in [6.45, 7) is 4.19. The first-order chi connectivity index (χ1) is 9.78. The molecule has 1 saturated heterocycles. The summed E-state index contributed by atoms with van der Waals surface area (Å²) in [7, 11) is 0. The minimum atomic E-state index is 0.0419. The molecule has 1 heterocycles. The fourth-order valence-electron chi connectivity index (χ4n) is 2.53. The van der Waals surface area contributed by atoms with Crippen molar-refractivity contribution in [3.63, 3.8) is 0 Å². The van der Waals surface area contributed by atoms with Crippen LogP contribution in [0.1, 0.15) is 31.2 Å². The number of anilines is 1. The van der Waals surface area contributed by atoms with E-state index >= 15 is 0 Å². The topological polar surface area (TPSA) is 58.4 Å². The van der Waals surface area contributed by atoms with Crippen LogP contribution in [0.5, 0.6) is 0 Å². The van der Waals surface area contributed by atoms with E-state index in [0.717, 1.165) is 25.1 Å². The maximum absolute atomic E-state index is 11.6. The van der Waals surface area contributed by atoms with E-state index in [1.807, 2.05) is 12.1 Å². The van der Waals surface area contributed by atoms with Crippen molar-refractivity contribution < 1.29 is 4.79 Å². The molecule has 0 saturated carbocycles. The van der Waals surface area contributed by atoms with Crippen molar-refractivity contribution in [2.75, 3.05) is 31.5 Å². The molecule has 2 rings (SSSR count). The number of carbonyl (C=O) groups is 1. The first kappa shape index (κ1) is 15.0. The fourth-order valence-corrected chi connectivity index (χ4v) is 2.53. The molecule has 20 heavy (non-hydrogen) atoms. The van der Waals surface area contributed by atoms with Crippen LogP contribution in [-0.4, -0.2) is 37.0 Å². The van der Waals surface area contributed by atoms with Gasteiger partial charge in [0.1, 0.15) is 0 Å². The molecule has 0 atom stereocenters. The third kappa shape index (κ3) is 4.94. The summed E-state index contributed by atoms with van der Waals surface area (Å²) in [5.74, 6) is 0.0419. The summed E-state index contributed by atoms with van der Waals surface area (Å²) in [6, 6.07) is 8.18. The summed E-state index contributed by atoms with van der Waals surface area (Å²) >= 11 is 0. The Hall–Kier alpha value is -1.39. The fraction of sp³-hybridized carbons (Fsp3) is 0.562. The number of nitrogens with one attached hydrogen (secondary N) is 1. The second-order valence-corrected chi connectivity index (χ2v) is 5.44. The van der Waals surface area contributed by atoms with Crippen molar-refractivity contribution in [1.82, 2.24) is 4.90 Å². The Bertz CT molecular complexity index is 410. The molecule has 1 aromatic rings. The summed E-state index contributed by atoms with van der Waals surface area (Å²) < 4.78 is 0. The highest BCUT2D eigenvalue weighted by Crippen LogP contribution is 2.13. The molecule has 0 unspecified atom stereocenters. The van der Waals surface area contributed by atoms with E-state index in [-0.39, 0.29) is 5.91 Å². The van der Waals surface area contributed by atoms with Gasteiger partial charge in [-0.15, -0.1) is 0 Å². The van der Waals surface area contributed by atoms with Gasteiger partial charge in [0.2, 0.25) is 5.91 Å². The number of hydrogen-bond donors (Lipinski definition) is 2. The number of carbonyl (C=O) groups excluding carboxylic acids is 1. The van der Waals surface area contributed by atoms with Crippen LogP contribution in [0.3, 0.4) is 0 Å². The lowest BCUT2D eigenvalue weighted by atomic mass is 10.1. The Morgan fingerprint density at radius 3 is 2.55 bits per heavy atom. The Kier molecular flexibility index (Phi) is 6.02. The Morgan fingerprint density at radius 2 is 1.90 bits per heavy atom. The average Bonchev–Trinajstić information content (AvgIpc) is 2.98. The van der Waals surface area contributed by atoms with Crippen molar-refractivity contribution in [3.05, 3.63) is 29.8 Å². The van der Waals surface area contributed by atoms with Crippen LogP contribution in [-0.2, 0) is 11.2 Å². The SMILES string of the molecule is NCCCC(=O)Nc1ccc(CCN2CCCC2)cc1. The minimum Gasteiger partial charge on any atom is -0.330 e. The van der Waals surface area contributed by atoms with Crippen LogP contribution < -0.4 is 11.1 Å². The number of nitrogens with zero attached hydrogens (tertiary/aromatic N) is 1. The molecule has 0 aromatic heterocycles. The second kappa shape index (κ2) is 8.02. The Labute approximate surface area is 121 Å². The van der Waals surface area contributed by atoms with Crippen LogP contribution in [0.15, 0.2) is 24.3 Å². The number of likely N-dealkylation sites (tertiary alicyclic amines) is 1. The summed E-state index contributed by atoms with van der Waals surface area (Å²) in [5, 5.41) is 2.90. The van der Waals surface area contributed by atoms with Crippen LogP contribution in [0, 0.1) is 0 Å². The number of nitrogens with two attached hydrogens (primary N) is 1. The van der Waals surface area contributed by atoms with Crippen molar-refractivity contribution in [3.8, 4) is 0 Å². The molecule has 0 spiro atoms. The van der Waals surface area contributed by atoms with Crippen molar-refractivity contribution >= 4 is 11.6 Å². The third-order valence-corrected chi connectivity index (χ3v) is 3.76. The zero-order valence-electron chi connectivity index (χ0n) is 12.1.